The Labute approximate surface area is 184 Å². The van der Waals surface area contributed by atoms with Crippen LogP contribution >= 0.6 is 0 Å². The molecule has 2 aromatic rings. The highest BCUT2D eigenvalue weighted by atomic mass is 19.1. The number of carbonyl (C=O) groups excluding carboxylic acids is 3. The topological polar surface area (TPSA) is 118 Å². The molecule has 2 N–H and O–H groups in total. The molecule has 0 saturated heterocycles. The Bertz CT molecular complexity index is 1060. The molecule has 0 radical (unpaired) electrons. The summed E-state index contributed by atoms with van der Waals surface area (Å²) >= 11 is 0. The van der Waals surface area contributed by atoms with Gasteiger partial charge in [0.05, 0.1) is 31.2 Å². The van der Waals surface area contributed by atoms with Crippen LogP contribution in [-0.2, 0) is 9.53 Å². The predicted molar refractivity (Wildman–Crippen MR) is 117 cm³/mol. The molecule has 3 amide bonds. The second-order valence-electron chi connectivity index (χ2n) is 7.36. The Morgan fingerprint density at radius 1 is 1.41 bits per heavy atom. The highest BCUT2D eigenvalue weighted by Gasteiger charge is 2.31. The van der Waals surface area contributed by atoms with Crippen LogP contribution in [0.3, 0.4) is 0 Å². The molecule has 0 bridgehead atoms. The summed E-state index contributed by atoms with van der Waals surface area (Å²) < 4.78 is 19.7. The van der Waals surface area contributed by atoms with E-state index in [-0.39, 0.29) is 18.6 Å². The second-order valence-corrected chi connectivity index (χ2v) is 7.36. The summed E-state index contributed by atoms with van der Waals surface area (Å²) in [6.45, 7) is 3.38. The van der Waals surface area contributed by atoms with Crippen LogP contribution in [-0.4, -0.2) is 72.3 Å². The highest BCUT2D eigenvalue weighted by Crippen LogP contribution is 2.31. The van der Waals surface area contributed by atoms with Gasteiger partial charge in [-0.15, -0.1) is 0 Å². The molecule has 2 heterocycles. The van der Waals surface area contributed by atoms with Gasteiger partial charge in [-0.25, -0.2) is 9.18 Å². The van der Waals surface area contributed by atoms with Crippen LogP contribution in [0, 0.1) is 0 Å². The largest absolute Gasteiger partial charge is 0.453 e. The molecule has 1 unspecified atom stereocenters. The average Bonchev–Trinajstić information content (AvgIpc) is 3.21. The minimum absolute atomic E-state index is 0.00287. The zero-order chi connectivity index (χ0) is 23.4. The summed E-state index contributed by atoms with van der Waals surface area (Å²) in [7, 11) is 2.86. The van der Waals surface area contributed by atoms with E-state index in [1.807, 2.05) is 6.92 Å². The molecule has 3 rings (SSSR count). The summed E-state index contributed by atoms with van der Waals surface area (Å²) in [5, 5.41) is 9.64. The van der Waals surface area contributed by atoms with Gasteiger partial charge < -0.3 is 20.3 Å². The number of hydrogen-bond donors (Lipinski definition) is 2. The Hall–Kier alpha value is -3.76. The van der Waals surface area contributed by atoms with Crippen molar-refractivity contribution >= 4 is 29.8 Å². The van der Waals surface area contributed by atoms with Crippen molar-refractivity contribution in [3.05, 3.63) is 35.5 Å². The molecular formula is C21H25FN6O4. The van der Waals surface area contributed by atoms with Crippen LogP contribution in [0.5, 0.6) is 0 Å². The van der Waals surface area contributed by atoms with Gasteiger partial charge in [-0.3, -0.25) is 19.3 Å². The summed E-state index contributed by atoms with van der Waals surface area (Å²) in [6.07, 6.45) is -0.726. The Balaban J connectivity index is 1.97. The van der Waals surface area contributed by atoms with Crippen molar-refractivity contribution in [3.63, 3.8) is 0 Å². The number of hydrogen-bond acceptors (Lipinski definition) is 6. The van der Waals surface area contributed by atoms with E-state index in [4.69, 9.17) is 0 Å². The first-order valence-corrected chi connectivity index (χ1v) is 9.97. The number of rotatable bonds is 6. The molecule has 1 aliphatic rings. The smallest absolute Gasteiger partial charge is 0.408 e. The van der Waals surface area contributed by atoms with Crippen LogP contribution in [0.4, 0.5) is 14.9 Å². The van der Waals surface area contributed by atoms with Crippen LogP contribution < -0.4 is 10.6 Å². The van der Waals surface area contributed by atoms with E-state index in [9.17, 15) is 18.8 Å². The number of fused-ring (bicyclic) bond motifs is 1. The third-order valence-corrected chi connectivity index (χ3v) is 4.96. The first-order chi connectivity index (χ1) is 15.2. The Morgan fingerprint density at radius 2 is 2.16 bits per heavy atom. The monoisotopic (exact) mass is 444 g/mol. The fourth-order valence-corrected chi connectivity index (χ4v) is 3.38. The lowest BCUT2D eigenvalue weighted by Crippen LogP contribution is -2.47. The molecule has 1 aliphatic heterocycles. The van der Waals surface area contributed by atoms with E-state index >= 15 is 0 Å². The molecular weight excluding hydrogens is 419 g/mol. The number of aliphatic imine (C=N–C) groups is 1. The standard InChI is InChI=1S/C21H25FN6O4/c1-12-10-27(11-24-21(31)32-4)20(30)18-8-17(26-28(12)18)15-6-5-14(9-23-3)7-16(15)25-19(29)13(2)22/h5-9,12-13H,10-11H2,1-4H3,(H,24,31)(H,25,29)/t12-,13?/m0/s1. The molecule has 0 fully saturated rings. The molecule has 0 aliphatic carbocycles. The summed E-state index contributed by atoms with van der Waals surface area (Å²) in [6, 6.07) is 6.63. The number of ether oxygens (including phenoxy) is 1. The fourth-order valence-electron chi connectivity index (χ4n) is 3.38. The Kier molecular flexibility index (Phi) is 6.86. The first kappa shape index (κ1) is 22.9. The van der Waals surface area contributed by atoms with Gasteiger partial charge in [-0.1, -0.05) is 6.07 Å². The zero-order valence-electron chi connectivity index (χ0n) is 18.3. The van der Waals surface area contributed by atoms with Crippen molar-refractivity contribution in [2.24, 2.45) is 4.99 Å². The van der Waals surface area contributed by atoms with Gasteiger partial charge in [0, 0.05) is 25.4 Å². The average molecular weight is 444 g/mol. The number of alkyl halides is 1. The van der Waals surface area contributed by atoms with Gasteiger partial charge in [0.25, 0.3) is 11.8 Å². The number of anilines is 1. The predicted octanol–water partition coefficient (Wildman–Crippen LogP) is 2.23. The SMILES string of the molecule is CN=Cc1ccc(-c2cc3n(n2)[C@@H](C)CN(CNC(=O)OC)C3=O)c(NC(=O)C(C)F)c1. The summed E-state index contributed by atoms with van der Waals surface area (Å²) in [5.41, 5.74) is 2.39. The van der Waals surface area contributed by atoms with E-state index in [1.54, 1.807) is 42.2 Å². The lowest BCUT2D eigenvalue weighted by molar-refractivity contribution is -0.120. The van der Waals surface area contributed by atoms with Crippen molar-refractivity contribution in [2.45, 2.75) is 26.1 Å². The van der Waals surface area contributed by atoms with E-state index in [2.05, 4.69) is 25.5 Å². The van der Waals surface area contributed by atoms with Gasteiger partial charge in [0.1, 0.15) is 5.69 Å². The number of benzene rings is 1. The van der Waals surface area contributed by atoms with Crippen molar-refractivity contribution in [1.82, 2.24) is 20.0 Å². The van der Waals surface area contributed by atoms with Crippen LogP contribution in [0.1, 0.15) is 35.9 Å². The number of methoxy groups -OCH3 is 1. The van der Waals surface area contributed by atoms with Crippen LogP contribution in [0.15, 0.2) is 29.3 Å². The van der Waals surface area contributed by atoms with E-state index in [1.165, 1.54) is 12.0 Å². The quantitative estimate of drug-likeness (QED) is 0.663. The molecule has 1 aromatic heterocycles. The third-order valence-electron chi connectivity index (χ3n) is 4.96. The third kappa shape index (κ3) is 4.76. The molecule has 1 aromatic carbocycles. The normalized spacial score (nSPS) is 16.6. The minimum atomic E-state index is -1.70. The molecule has 10 nitrogen and oxygen atoms in total. The van der Waals surface area contributed by atoms with Crippen molar-refractivity contribution in [2.75, 3.05) is 32.7 Å². The van der Waals surface area contributed by atoms with Gasteiger partial charge in [0.2, 0.25) is 0 Å². The van der Waals surface area contributed by atoms with Gasteiger partial charge >= 0.3 is 6.09 Å². The van der Waals surface area contributed by atoms with Crippen molar-refractivity contribution < 1.29 is 23.5 Å². The molecule has 0 saturated carbocycles. The number of amides is 3. The number of nitrogens with zero attached hydrogens (tertiary/aromatic N) is 4. The first-order valence-electron chi connectivity index (χ1n) is 9.97. The van der Waals surface area contributed by atoms with Crippen molar-refractivity contribution in [3.8, 4) is 11.3 Å². The number of alkyl carbamates (subject to hydrolysis) is 1. The van der Waals surface area contributed by atoms with Crippen molar-refractivity contribution in [1.29, 1.82) is 0 Å². The Morgan fingerprint density at radius 3 is 2.81 bits per heavy atom. The van der Waals surface area contributed by atoms with Gasteiger partial charge in [0.15, 0.2) is 6.17 Å². The maximum absolute atomic E-state index is 13.5. The lowest BCUT2D eigenvalue weighted by Gasteiger charge is -2.31. The van der Waals surface area contributed by atoms with Crippen LogP contribution in [0.2, 0.25) is 0 Å². The van der Waals surface area contributed by atoms with E-state index in [0.717, 1.165) is 6.92 Å². The number of halogens is 1. The summed E-state index contributed by atoms with van der Waals surface area (Å²) in [4.78, 5) is 41.8. The molecule has 0 spiro atoms. The maximum atomic E-state index is 13.5. The molecule has 170 valence electrons. The van der Waals surface area contributed by atoms with Gasteiger partial charge in [-0.2, -0.15) is 5.10 Å². The minimum Gasteiger partial charge on any atom is -0.453 e. The van der Waals surface area contributed by atoms with E-state index in [0.29, 0.717) is 34.7 Å². The zero-order valence-corrected chi connectivity index (χ0v) is 18.3. The lowest BCUT2D eigenvalue weighted by atomic mass is 10.1. The summed E-state index contributed by atoms with van der Waals surface area (Å²) in [5.74, 6) is -1.10. The van der Waals surface area contributed by atoms with Gasteiger partial charge in [-0.05, 0) is 37.6 Å². The fraction of sp³-hybridized carbons (Fsp3) is 0.381. The maximum Gasteiger partial charge on any atom is 0.408 e. The highest BCUT2D eigenvalue weighted by molar-refractivity contribution is 6.00. The second kappa shape index (κ2) is 9.58. The number of nitrogens with one attached hydrogen (secondary N) is 2. The molecule has 32 heavy (non-hydrogen) atoms. The molecule has 2 atom stereocenters. The number of carbonyl (C=O) groups is 3. The molecule has 11 heteroatoms. The number of aromatic nitrogens is 2. The van der Waals surface area contributed by atoms with E-state index < -0.39 is 18.2 Å². The van der Waals surface area contributed by atoms with Crippen LogP contribution in [0.25, 0.3) is 11.3 Å².